The van der Waals surface area contributed by atoms with Crippen molar-refractivity contribution >= 4 is 11.6 Å². The summed E-state index contributed by atoms with van der Waals surface area (Å²) in [6.45, 7) is 6.76. The average Bonchev–Trinajstić information content (AvgIpc) is 2.39. The summed E-state index contributed by atoms with van der Waals surface area (Å²) in [4.78, 5) is 18.5. The van der Waals surface area contributed by atoms with Crippen molar-refractivity contribution in [1.29, 1.82) is 0 Å². The summed E-state index contributed by atoms with van der Waals surface area (Å²) < 4.78 is 0. The molecule has 0 saturated carbocycles. The van der Waals surface area contributed by atoms with Crippen LogP contribution in [0.2, 0.25) is 0 Å². The lowest BCUT2D eigenvalue weighted by Crippen LogP contribution is -2.39. The van der Waals surface area contributed by atoms with Crippen LogP contribution in [0.5, 0.6) is 0 Å². The summed E-state index contributed by atoms with van der Waals surface area (Å²) in [5, 5.41) is 3.20. The van der Waals surface area contributed by atoms with E-state index in [4.69, 9.17) is 0 Å². The zero-order valence-corrected chi connectivity index (χ0v) is 11.1. The van der Waals surface area contributed by atoms with Gasteiger partial charge < -0.3 is 10.2 Å². The maximum Gasteiger partial charge on any atom is 0.256 e. The molecule has 1 unspecified atom stereocenters. The lowest BCUT2D eigenvalue weighted by molar-refractivity contribution is 0.0684. The molecule has 1 aliphatic rings. The molecule has 1 saturated heterocycles. The first kappa shape index (κ1) is 12.9. The van der Waals surface area contributed by atoms with Gasteiger partial charge in [0.2, 0.25) is 0 Å². The number of likely N-dealkylation sites (tertiary alicyclic amines) is 1. The van der Waals surface area contributed by atoms with Crippen LogP contribution in [0.15, 0.2) is 18.5 Å². The lowest BCUT2D eigenvalue weighted by Gasteiger charge is -2.31. The van der Waals surface area contributed by atoms with E-state index in [2.05, 4.69) is 17.2 Å². The molecule has 0 radical (unpaired) electrons. The van der Waals surface area contributed by atoms with Crippen molar-refractivity contribution in [2.75, 3.05) is 25.0 Å². The second-order valence-corrected chi connectivity index (χ2v) is 4.95. The van der Waals surface area contributed by atoms with Crippen molar-refractivity contribution in [3.05, 3.63) is 24.0 Å². The fourth-order valence-corrected chi connectivity index (χ4v) is 2.46. The number of carbonyl (C=O) groups excluding carboxylic acids is 1. The highest BCUT2D eigenvalue weighted by molar-refractivity contribution is 5.99. The number of rotatable bonds is 3. The summed E-state index contributed by atoms with van der Waals surface area (Å²) in [5.74, 6) is 0.729. The first-order chi connectivity index (χ1) is 8.72. The Hall–Kier alpha value is -1.58. The van der Waals surface area contributed by atoms with Gasteiger partial charge in [0.1, 0.15) is 0 Å². The van der Waals surface area contributed by atoms with Crippen molar-refractivity contribution in [2.24, 2.45) is 5.92 Å². The zero-order chi connectivity index (χ0) is 13.0. The van der Waals surface area contributed by atoms with E-state index < -0.39 is 0 Å². The van der Waals surface area contributed by atoms with E-state index in [1.165, 1.54) is 6.42 Å². The number of hydrogen-bond acceptors (Lipinski definition) is 3. The van der Waals surface area contributed by atoms with E-state index >= 15 is 0 Å². The summed E-state index contributed by atoms with van der Waals surface area (Å²) in [6, 6.07) is 1.81. The first-order valence-corrected chi connectivity index (χ1v) is 6.69. The van der Waals surface area contributed by atoms with Crippen LogP contribution in [-0.4, -0.2) is 35.4 Å². The van der Waals surface area contributed by atoms with Gasteiger partial charge in [0.15, 0.2) is 0 Å². The Kier molecular flexibility index (Phi) is 4.18. The highest BCUT2D eigenvalue weighted by Crippen LogP contribution is 2.21. The van der Waals surface area contributed by atoms with E-state index in [-0.39, 0.29) is 5.91 Å². The molecule has 98 valence electrons. The molecule has 1 aliphatic heterocycles. The van der Waals surface area contributed by atoms with Crippen molar-refractivity contribution < 1.29 is 4.79 Å². The summed E-state index contributed by atoms with van der Waals surface area (Å²) in [6.07, 6.45) is 5.74. The van der Waals surface area contributed by atoms with Gasteiger partial charge >= 0.3 is 0 Å². The van der Waals surface area contributed by atoms with Crippen molar-refractivity contribution in [3.63, 3.8) is 0 Å². The quantitative estimate of drug-likeness (QED) is 0.892. The molecule has 1 aromatic heterocycles. The van der Waals surface area contributed by atoms with E-state index in [0.717, 1.165) is 37.3 Å². The monoisotopic (exact) mass is 247 g/mol. The molecule has 4 heteroatoms. The van der Waals surface area contributed by atoms with Crippen molar-refractivity contribution in [1.82, 2.24) is 9.88 Å². The first-order valence-electron chi connectivity index (χ1n) is 6.69. The second-order valence-electron chi connectivity index (χ2n) is 4.95. The molecule has 2 rings (SSSR count). The van der Waals surface area contributed by atoms with Gasteiger partial charge in [-0.3, -0.25) is 9.78 Å². The zero-order valence-electron chi connectivity index (χ0n) is 11.1. The second kappa shape index (κ2) is 5.85. The number of nitrogens with zero attached hydrogens (tertiary/aromatic N) is 2. The van der Waals surface area contributed by atoms with E-state index in [1.807, 2.05) is 11.8 Å². The predicted molar refractivity (Wildman–Crippen MR) is 72.7 cm³/mol. The molecule has 0 aromatic carbocycles. The van der Waals surface area contributed by atoms with Crippen molar-refractivity contribution in [2.45, 2.75) is 26.7 Å². The van der Waals surface area contributed by atoms with Gasteiger partial charge in [-0.1, -0.05) is 6.92 Å². The standard InChI is InChI=1S/C14H21N3O/c1-3-16-13-9-15-7-6-12(13)14(18)17-8-4-5-11(2)10-17/h6-7,9,11,16H,3-5,8,10H2,1-2H3. The van der Waals surface area contributed by atoms with Gasteiger partial charge in [-0.15, -0.1) is 0 Å². The van der Waals surface area contributed by atoms with Crippen LogP contribution in [-0.2, 0) is 0 Å². The number of piperidine rings is 1. The van der Waals surface area contributed by atoms with Crippen LogP contribution < -0.4 is 5.32 Å². The van der Waals surface area contributed by atoms with Gasteiger partial charge in [0.25, 0.3) is 5.91 Å². The Morgan fingerprint density at radius 3 is 3.17 bits per heavy atom. The largest absolute Gasteiger partial charge is 0.383 e. The number of pyridine rings is 1. The minimum absolute atomic E-state index is 0.125. The molecule has 1 N–H and O–H groups in total. The minimum Gasteiger partial charge on any atom is -0.383 e. The molecule has 1 fully saturated rings. The third-order valence-corrected chi connectivity index (χ3v) is 3.36. The SMILES string of the molecule is CCNc1cnccc1C(=O)N1CCCC(C)C1. The maximum absolute atomic E-state index is 12.5. The molecule has 0 spiro atoms. The maximum atomic E-state index is 12.5. The molecular weight excluding hydrogens is 226 g/mol. The highest BCUT2D eigenvalue weighted by atomic mass is 16.2. The molecule has 1 aromatic rings. The molecule has 2 heterocycles. The number of carbonyl (C=O) groups is 1. The molecule has 4 nitrogen and oxygen atoms in total. The van der Waals surface area contributed by atoms with Crippen LogP contribution in [0, 0.1) is 5.92 Å². The van der Waals surface area contributed by atoms with Gasteiger partial charge in [-0.25, -0.2) is 0 Å². The molecule has 18 heavy (non-hydrogen) atoms. The summed E-state index contributed by atoms with van der Waals surface area (Å²) in [5.41, 5.74) is 1.57. The Balaban J connectivity index is 2.17. The Morgan fingerprint density at radius 1 is 1.61 bits per heavy atom. The van der Waals surface area contributed by atoms with Crippen LogP contribution >= 0.6 is 0 Å². The number of hydrogen-bond donors (Lipinski definition) is 1. The number of aromatic nitrogens is 1. The third-order valence-electron chi connectivity index (χ3n) is 3.36. The fourth-order valence-electron chi connectivity index (χ4n) is 2.46. The summed E-state index contributed by atoms with van der Waals surface area (Å²) >= 11 is 0. The van der Waals surface area contributed by atoms with Gasteiger partial charge in [0.05, 0.1) is 17.4 Å². The number of amides is 1. The Labute approximate surface area is 108 Å². The Bertz CT molecular complexity index is 419. The molecule has 1 atom stereocenters. The molecule has 0 bridgehead atoms. The highest BCUT2D eigenvalue weighted by Gasteiger charge is 2.23. The van der Waals surface area contributed by atoms with Crippen molar-refractivity contribution in [3.8, 4) is 0 Å². The minimum atomic E-state index is 0.125. The molecule has 0 aliphatic carbocycles. The van der Waals surface area contributed by atoms with Gasteiger partial charge in [0, 0.05) is 25.8 Å². The van der Waals surface area contributed by atoms with Gasteiger partial charge in [-0.2, -0.15) is 0 Å². The van der Waals surface area contributed by atoms with Crippen LogP contribution in [0.4, 0.5) is 5.69 Å². The molecule has 1 amide bonds. The Morgan fingerprint density at radius 2 is 2.44 bits per heavy atom. The summed E-state index contributed by atoms with van der Waals surface area (Å²) in [7, 11) is 0. The lowest BCUT2D eigenvalue weighted by atomic mass is 9.99. The van der Waals surface area contributed by atoms with Crippen LogP contribution in [0.25, 0.3) is 0 Å². The van der Waals surface area contributed by atoms with Crippen LogP contribution in [0.3, 0.4) is 0 Å². The number of anilines is 1. The average molecular weight is 247 g/mol. The number of nitrogens with one attached hydrogen (secondary N) is 1. The predicted octanol–water partition coefficient (Wildman–Crippen LogP) is 2.39. The fraction of sp³-hybridized carbons (Fsp3) is 0.571. The van der Waals surface area contributed by atoms with E-state index in [0.29, 0.717) is 5.92 Å². The van der Waals surface area contributed by atoms with E-state index in [1.54, 1.807) is 18.5 Å². The van der Waals surface area contributed by atoms with E-state index in [9.17, 15) is 4.79 Å². The normalized spacial score (nSPS) is 19.7. The topological polar surface area (TPSA) is 45.2 Å². The van der Waals surface area contributed by atoms with Gasteiger partial charge in [-0.05, 0) is 31.7 Å². The smallest absolute Gasteiger partial charge is 0.256 e. The molecular formula is C14H21N3O. The van der Waals surface area contributed by atoms with Crippen LogP contribution in [0.1, 0.15) is 37.0 Å². The third kappa shape index (κ3) is 2.81.